The molecule has 22 nitrogen and oxygen atoms in total. The molecule has 2 fully saturated rings. The van der Waals surface area contributed by atoms with Crippen LogP contribution in [0.2, 0.25) is 0 Å². The number of aliphatic hydroxyl groups is 1. The molecule has 2 saturated heterocycles. The van der Waals surface area contributed by atoms with Gasteiger partial charge in [0.15, 0.2) is 24.8 Å². The standard InChI is InChI=1S/C28H35NO21S3/c1-15(30)29-19-21(20(49-52(37,38)39)18(46-27(19)33)14-45-51(34,35)36)47-28-25(50-53(40,41)42)23(44-13-17-10-6-3-7-11-17)22(24(48-28)26(31)32)43-12-16-8-4-2-5-9-16/h2-11,18-25,27-28,33H,12-14H2,1H3,(H,29,30)(H,31,32)(H,34,35,36)(H,37,38,39)(H,40,41,42)/t18-,19-,20+,21-,22+,23+,24+,25-,27-,28-/m1/s1. The van der Waals surface area contributed by atoms with Crippen LogP contribution in [0.3, 0.4) is 0 Å². The van der Waals surface area contributed by atoms with Crippen LogP contribution in [0.15, 0.2) is 60.7 Å². The van der Waals surface area contributed by atoms with Gasteiger partial charge in [0.25, 0.3) is 0 Å². The first-order chi connectivity index (χ1) is 24.7. The van der Waals surface area contributed by atoms with Crippen molar-refractivity contribution in [2.75, 3.05) is 6.61 Å². The van der Waals surface area contributed by atoms with E-state index in [-0.39, 0.29) is 13.2 Å². The zero-order valence-corrected chi connectivity index (χ0v) is 29.6. The fourth-order valence-corrected chi connectivity index (χ4v) is 6.74. The number of carboxylic acid groups (broad SMARTS) is 1. The molecule has 0 radical (unpaired) electrons. The van der Waals surface area contributed by atoms with Crippen LogP contribution >= 0.6 is 0 Å². The van der Waals surface area contributed by atoms with Gasteiger partial charge in [-0.1, -0.05) is 60.7 Å². The smallest absolute Gasteiger partial charge is 0.397 e. The number of benzene rings is 2. The molecule has 25 heteroatoms. The molecule has 0 unspecified atom stereocenters. The Morgan fingerprint density at radius 3 is 1.70 bits per heavy atom. The lowest BCUT2D eigenvalue weighted by Crippen LogP contribution is -2.69. The first kappa shape index (κ1) is 42.5. The zero-order chi connectivity index (χ0) is 39.1. The van der Waals surface area contributed by atoms with Gasteiger partial charge >= 0.3 is 37.2 Å². The van der Waals surface area contributed by atoms with Gasteiger partial charge in [0.1, 0.15) is 36.6 Å². The van der Waals surface area contributed by atoms with Gasteiger partial charge < -0.3 is 39.2 Å². The summed E-state index contributed by atoms with van der Waals surface area (Å²) in [6.45, 7) is -1.09. The molecule has 1 amide bonds. The van der Waals surface area contributed by atoms with Crippen LogP contribution in [0, 0.1) is 0 Å². The Labute approximate surface area is 302 Å². The minimum Gasteiger partial charge on any atom is -0.479 e. The maximum atomic E-state index is 12.7. The molecule has 2 aromatic rings. The number of aliphatic carboxylic acids is 1. The predicted octanol–water partition coefficient (Wildman–Crippen LogP) is -1.23. The maximum Gasteiger partial charge on any atom is 0.397 e. The second kappa shape index (κ2) is 17.9. The fraction of sp³-hybridized carbons (Fsp3) is 0.500. The number of aliphatic hydroxyl groups excluding tert-OH is 1. The highest BCUT2D eigenvalue weighted by Crippen LogP contribution is 2.35. The minimum atomic E-state index is -5.58. The predicted molar refractivity (Wildman–Crippen MR) is 170 cm³/mol. The third kappa shape index (κ3) is 12.9. The zero-order valence-electron chi connectivity index (χ0n) is 27.2. The number of carbonyl (C=O) groups excluding carboxylic acids is 1. The second-order valence-corrected chi connectivity index (χ2v) is 14.6. The van der Waals surface area contributed by atoms with Crippen LogP contribution in [-0.2, 0) is 90.2 Å². The lowest BCUT2D eigenvalue weighted by molar-refractivity contribution is -0.338. The molecule has 2 aliphatic heterocycles. The number of ether oxygens (including phenoxy) is 5. The average molecular weight is 818 g/mol. The van der Waals surface area contributed by atoms with Gasteiger partial charge in [0.2, 0.25) is 5.91 Å². The fourth-order valence-electron chi connectivity index (χ4n) is 5.44. The maximum absolute atomic E-state index is 12.7. The van der Waals surface area contributed by atoms with Crippen LogP contribution < -0.4 is 5.32 Å². The van der Waals surface area contributed by atoms with Crippen LogP contribution in [0.25, 0.3) is 0 Å². The topological polar surface area (TPSA) is 324 Å². The van der Waals surface area contributed by atoms with E-state index in [0.717, 1.165) is 6.92 Å². The summed E-state index contributed by atoms with van der Waals surface area (Å²) in [6.07, 6.45) is -19.4. The van der Waals surface area contributed by atoms with Crippen molar-refractivity contribution in [1.29, 1.82) is 0 Å². The monoisotopic (exact) mass is 817 g/mol. The number of carbonyl (C=O) groups is 2. The molecule has 4 rings (SSSR count). The molecular formula is C28H35NO21S3. The number of carboxylic acids is 1. The van der Waals surface area contributed by atoms with Gasteiger partial charge in [-0.15, -0.1) is 0 Å². The van der Waals surface area contributed by atoms with Crippen molar-refractivity contribution in [3.63, 3.8) is 0 Å². The SMILES string of the molecule is CC(=O)N[C@@H]1[C@@H](O[C@@H]2O[C@H](C(=O)O)[C@@H](OCc3ccccc3)[C@H](OCc3ccccc3)[C@H]2OS(=O)(=O)O)[C@@H](OS(=O)(=O)O)[C@@H](COS(=O)(=O)O)O[C@H]1O. The Morgan fingerprint density at radius 2 is 1.23 bits per heavy atom. The highest BCUT2D eigenvalue weighted by molar-refractivity contribution is 7.81. The summed E-state index contributed by atoms with van der Waals surface area (Å²) in [7, 11) is -16.4. The Morgan fingerprint density at radius 1 is 0.717 bits per heavy atom. The molecule has 0 bridgehead atoms. The van der Waals surface area contributed by atoms with Gasteiger partial charge in [-0.3, -0.25) is 18.5 Å². The van der Waals surface area contributed by atoms with Crippen molar-refractivity contribution in [3.8, 4) is 0 Å². The molecule has 0 aromatic heterocycles. The Kier molecular flexibility index (Phi) is 14.4. The van der Waals surface area contributed by atoms with E-state index in [4.69, 9.17) is 32.4 Å². The molecule has 0 saturated carbocycles. The van der Waals surface area contributed by atoms with E-state index in [2.05, 4.69) is 13.7 Å². The Bertz CT molecular complexity index is 1870. The molecule has 0 aliphatic carbocycles. The molecule has 2 aliphatic rings. The number of rotatable bonds is 17. The van der Waals surface area contributed by atoms with Gasteiger partial charge in [-0.2, -0.15) is 25.3 Å². The third-order valence-corrected chi connectivity index (χ3v) is 8.85. The highest BCUT2D eigenvalue weighted by atomic mass is 32.3. The third-order valence-electron chi connectivity index (χ3n) is 7.48. The summed E-state index contributed by atoms with van der Waals surface area (Å²) in [4.78, 5) is 24.9. The van der Waals surface area contributed by atoms with Gasteiger partial charge in [0.05, 0.1) is 19.8 Å². The van der Waals surface area contributed by atoms with Gasteiger partial charge in [-0.25, -0.2) is 17.3 Å². The molecule has 0 spiro atoms. The van der Waals surface area contributed by atoms with Crippen molar-refractivity contribution < 1.29 is 94.9 Å². The number of amides is 1. The van der Waals surface area contributed by atoms with Crippen LogP contribution in [0.4, 0.5) is 0 Å². The van der Waals surface area contributed by atoms with Gasteiger partial charge in [0, 0.05) is 6.92 Å². The minimum absolute atomic E-state index is 0.301. The summed E-state index contributed by atoms with van der Waals surface area (Å²) >= 11 is 0. The molecular weight excluding hydrogens is 782 g/mol. The number of hydrogen-bond acceptors (Lipinski definition) is 17. The first-order valence-corrected chi connectivity index (χ1v) is 19.2. The van der Waals surface area contributed by atoms with E-state index >= 15 is 0 Å². The van der Waals surface area contributed by atoms with E-state index in [1.54, 1.807) is 60.7 Å². The number of hydrogen-bond donors (Lipinski definition) is 6. The van der Waals surface area contributed by atoms with Crippen LogP contribution in [0.5, 0.6) is 0 Å². The van der Waals surface area contributed by atoms with E-state index < -0.39 is 111 Å². The van der Waals surface area contributed by atoms with Crippen molar-refractivity contribution in [1.82, 2.24) is 5.32 Å². The van der Waals surface area contributed by atoms with E-state index in [0.29, 0.717) is 11.1 Å². The lowest BCUT2D eigenvalue weighted by atomic mass is 9.95. The van der Waals surface area contributed by atoms with E-state index in [9.17, 15) is 54.2 Å². The molecule has 2 aromatic carbocycles. The molecule has 296 valence electrons. The quantitative estimate of drug-likeness (QED) is 0.102. The molecule has 6 N–H and O–H groups in total. The largest absolute Gasteiger partial charge is 0.479 e. The normalized spacial score (nSPS) is 29.7. The average Bonchev–Trinajstić information content (AvgIpc) is 3.05. The van der Waals surface area contributed by atoms with Crippen molar-refractivity contribution in [3.05, 3.63) is 71.8 Å². The summed E-state index contributed by atoms with van der Waals surface area (Å²) < 4.78 is 142. The van der Waals surface area contributed by atoms with Crippen LogP contribution in [-0.4, -0.2) is 129 Å². The van der Waals surface area contributed by atoms with Crippen molar-refractivity contribution in [2.45, 2.75) is 81.5 Å². The summed E-state index contributed by atoms with van der Waals surface area (Å²) in [5, 5.41) is 23.2. The van der Waals surface area contributed by atoms with Crippen LogP contribution in [0.1, 0.15) is 18.1 Å². The molecule has 2 heterocycles. The number of nitrogens with one attached hydrogen (secondary N) is 1. The lowest BCUT2D eigenvalue weighted by Gasteiger charge is -2.48. The van der Waals surface area contributed by atoms with Gasteiger partial charge in [-0.05, 0) is 11.1 Å². The summed E-state index contributed by atoms with van der Waals surface area (Å²) in [5.74, 6) is -2.69. The van der Waals surface area contributed by atoms with Crippen molar-refractivity contribution >= 4 is 43.1 Å². The van der Waals surface area contributed by atoms with Crippen molar-refractivity contribution in [2.24, 2.45) is 0 Å². The molecule has 10 atom stereocenters. The first-order valence-electron chi connectivity index (χ1n) is 15.1. The second-order valence-electron chi connectivity index (χ2n) is 11.4. The summed E-state index contributed by atoms with van der Waals surface area (Å²) in [5.41, 5.74) is 0.985. The summed E-state index contributed by atoms with van der Waals surface area (Å²) in [6, 6.07) is 14.4. The van der Waals surface area contributed by atoms with E-state index in [1.807, 2.05) is 0 Å². The molecule has 53 heavy (non-hydrogen) atoms. The van der Waals surface area contributed by atoms with E-state index in [1.165, 1.54) is 0 Å². The highest BCUT2D eigenvalue weighted by Gasteiger charge is 2.57. The Hall–Kier alpha value is -3.25. The Balaban J connectivity index is 1.83.